The highest BCUT2D eigenvalue weighted by Crippen LogP contribution is 2.41. The third-order valence-electron chi connectivity index (χ3n) is 4.34. The van der Waals surface area contributed by atoms with Gasteiger partial charge in [0.25, 0.3) is 0 Å². The molecule has 0 radical (unpaired) electrons. The van der Waals surface area contributed by atoms with Crippen molar-refractivity contribution in [2.24, 2.45) is 0 Å². The molecule has 112 valence electrons. The van der Waals surface area contributed by atoms with Gasteiger partial charge in [-0.1, -0.05) is 36.9 Å². The highest BCUT2D eigenvalue weighted by atomic mass is 16.6. The van der Waals surface area contributed by atoms with Gasteiger partial charge in [0, 0.05) is 0 Å². The maximum Gasteiger partial charge on any atom is 0.413 e. The molecule has 1 aromatic rings. The van der Waals surface area contributed by atoms with E-state index in [1.807, 2.05) is 37.3 Å². The molecular formula is C17H21NO3. The molecular weight excluding hydrogens is 266 g/mol. The second-order valence-electron chi connectivity index (χ2n) is 5.74. The topological polar surface area (TPSA) is 38.8 Å². The van der Waals surface area contributed by atoms with Crippen LogP contribution in [0.1, 0.15) is 37.8 Å². The van der Waals surface area contributed by atoms with Crippen LogP contribution in [-0.4, -0.2) is 29.4 Å². The zero-order valence-electron chi connectivity index (χ0n) is 12.3. The molecule has 4 heteroatoms. The van der Waals surface area contributed by atoms with Crippen LogP contribution in [0.15, 0.2) is 43.0 Å². The number of carbonyl (C=O) groups excluding carboxylic acids is 1. The van der Waals surface area contributed by atoms with Gasteiger partial charge in [-0.05, 0) is 37.8 Å². The Morgan fingerprint density at radius 3 is 2.81 bits per heavy atom. The number of carbonyl (C=O) groups is 1. The Morgan fingerprint density at radius 2 is 2.14 bits per heavy atom. The van der Waals surface area contributed by atoms with Gasteiger partial charge in [-0.15, -0.1) is 0 Å². The Balaban J connectivity index is 1.96. The molecule has 2 fully saturated rings. The van der Waals surface area contributed by atoms with E-state index in [4.69, 9.17) is 9.47 Å². The van der Waals surface area contributed by atoms with Gasteiger partial charge in [-0.3, -0.25) is 4.90 Å². The van der Waals surface area contributed by atoms with Crippen molar-refractivity contribution in [3.63, 3.8) is 0 Å². The van der Waals surface area contributed by atoms with Crippen molar-refractivity contribution in [2.75, 3.05) is 6.61 Å². The van der Waals surface area contributed by atoms with E-state index in [0.717, 1.165) is 24.8 Å². The number of benzene rings is 1. The Hall–Kier alpha value is -1.81. The minimum Gasteiger partial charge on any atom is -0.447 e. The van der Waals surface area contributed by atoms with Gasteiger partial charge in [0.2, 0.25) is 0 Å². The van der Waals surface area contributed by atoms with Gasteiger partial charge < -0.3 is 9.47 Å². The van der Waals surface area contributed by atoms with E-state index >= 15 is 0 Å². The molecule has 0 saturated carbocycles. The van der Waals surface area contributed by atoms with Gasteiger partial charge >= 0.3 is 6.09 Å². The molecule has 0 unspecified atom stereocenters. The lowest BCUT2D eigenvalue weighted by atomic mass is 9.95. The van der Waals surface area contributed by atoms with E-state index in [1.165, 1.54) is 0 Å². The fraction of sp³-hybridized carbons (Fsp3) is 0.471. The molecule has 1 amide bonds. The summed E-state index contributed by atoms with van der Waals surface area (Å²) in [5.41, 5.74) is 0.303. The molecule has 0 spiro atoms. The van der Waals surface area contributed by atoms with Crippen molar-refractivity contribution < 1.29 is 14.3 Å². The highest BCUT2D eigenvalue weighted by molar-refractivity contribution is 5.72. The molecule has 4 nitrogen and oxygen atoms in total. The fourth-order valence-electron chi connectivity index (χ4n) is 3.30. The van der Waals surface area contributed by atoms with Crippen LogP contribution >= 0.6 is 0 Å². The quantitative estimate of drug-likeness (QED) is 0.796. The lowest BCUT2D eigenvalue weighted by molar-refractivity contribution is -0.166. The molecule has 0 aromatic heterocycles. The maximum absolute atomic E-state index is 12.3. The first-order valence-electron chi connectivity index (χ1n) is 7.49. The predicted octanol–water partition coefficient (Wildman–Crippen LogP) is 3.65. The highest BCUT2D eigenvalue weighted by Gasteiger charge is 2.49. The largest absolute Gasteiger partial charge is 0.447 e. The first-order valence-corrected chi connectivity index (χ1v) is 7.49. The Bertz CT molecular complexity index is 530. The SMILES string of the molecule is C=C[C@]1(N2C(=O)OC[C@H]2c2ccccc2)CCC[C@H](C)O1. The standard InChI is InChI=1S/C17H21NO3/c1-3-17(11-7-8-13(2)21-17)18-15(12-20-16(18)19)14-9-5-4-6-10-14/h3-6,9-10,13,15H,1,7-8,11-12H2,2H3/t13-,15-,17+/m0/s1. The molecule has 21 heavy (non-hydrogen) atoms. The summed E-state index contributed by atoms with van der Waals surface area (Å²) in [4.78, 5) is 14.0. The molecule has 2 aliphatic heterocycles. The summed E-state index contributed by atoms with van der Waals surface area (Å²) in [5.74, 6) is 0. The van der Waals surface area contributed by atoms with Crippen LogP contribution in [0.5, 0.6) is 0 Å². The zero-order chi connectivity index (χ0) is 14.9. The van der Waals surface area contributed by atoms with Gasteiger partial charge in [0.1, 0.15) is 6.61 Å². The summed E-state index contributed by atoms with van der Waals surface area (Å²) in [6.07, 6.45) is 4.33. The number of ether oxygens (including phenoxy) is 2. The second-order valence-corrected chi connectivity index (χ2v) is 5.74. The minimum absolute atomic E-state index is 0.113. The number of hydrogen-bond acceptors (Lipinski definition) is 3. The molecule has 3 atom stereocenters. The number of nitrogens with zero attached hydrogens (tertiary/aromatic N) is 1. The van der Waals surface area contributed by atoms with Gasteiger partial charge in [-0.25, -0.2) is 4.79 Å². The van der Waals surface area contributed by atoms with E-state index < -0.39 is 5.72 Å². The van der Waals surface area contributed by atoms with E-state index in [2.05, 4.69) is 6.58 Å². The summed E-state index contributed by atoms with van der Waals surface area (Å²) in [6, 6.07) is 9.82. The van der Waals surface area contributed by atoms with Gasteiger partial charge in [-0.2, -0.15) is 0 Å². The summed E-state index contributed by atoms with van der Waals surface area (Å²) in [6.45, 7) is 6.32. The number of hydrogen-bond donors (Lipinski definition) is 0. The summed E-state index contributed by atoms with van der Waals surface area (Å²) < 4.78 is 11.4. The number of amides is 1. The molecule has 2 heterocycles. The fourth-order valence-corrected chi connectivity index (χ4v) is 3.30. The van der Waals surface area contributed by atoms with E-state index in [1.54, 1.807) is 11.0 Å². The van der Waals surface area contributed by atoms with Crippen molar-refractivity contribution in [3.05, 3.63) is 48.6 Å². The third kappa shape index (κ3) is 2.44. The molecule has 2 aliphatic rings. The van der Waals surface area contributed by atoms with Crippen LogP contribution < -0.4 is 0 Å². The number of rotatable bonds is 3. The van der Waals surface area contributed by atoms with Crippen LogP contribution in [-0.2, 0) is 9.47 Å². The lowest BCUT2D eigenvalue weighted by Crippen LogP contribution is -2.54. The van der Waals surface area contributed by atoms with Crippen LogP contribution in [0, 0.1) is 0 Å². The summed E-state index contributed by atoms with van der Waals surface area (Å²) in [5, 5.41) is 0. The van der Waals surface area contributed by atoms with Crippen molar-refractivity contribution in [1.29, 1.82) is 0 Å². The summed E-state index contributed by atoms with van der Waals surface area (Å²) >= 11 is 0. The van der Waals surface area contributed by atoms with Gasteiger partial charge in [0.15, 0.2) is 5.72 Å². The molecule has 0 aliphatic carbocycles. The van der Waals surface area contributed by atoms with Crippen LogP contribution in [0.3, 0.4) is 0 Å². The minimum atomic E-state index is -0.758. The average Bonchev–Trinajstić information content (AvgIpc) is 2.90. The van der Waals surface area contributed by atoms with E-state index in [9.17, 15) is 4.79 Å². The van der Waals surface area contributed by atoms with E-state index in [0.29, 0.717) is 6.61 Å². The maximum atomic E-state index is 12.3. The first kappa shape index (κ1) is 14.1. The third-order valence-corrected chi connectivity index (χ3v) is 4.34. The smallest absolute Gasteiger partial charge is 0.413 e. The molecule has 1 aromatic carbocycles. The first-order chi connectivity index (χ1) is 10.2. The monoisotopic (exact) mass is 287 g/mol. The average molecular weight is 287 g/mol. The van der Waals surface area contributed by atoms with Crippen LogP contribution in [0.25, 0.3) is 0 Å². The van der Waals surface area contributed by atoms with Crippen molar-refractivity contribution in [1.82, 2.24) is 4.90 Å². The van der Waals surface area contributed by atoms with Crippen LogP contribution in [0.4, 0.5) is 4.79 Å². The normalized spacial score (nSPS) is 32.8. The van der Waals surface area contributed by atoms with Crippen molar-refractivity contribution >= 4 is 6.09 Å². The molecule has 2 saturated heterocycles. The van der Waals surface area contributed by atoms with Gasteiger partial charge in [0.05, 0.1) is 12.1 Å². The molecule has 3 rings (SSSR count). The van der Waals surface area contributed by atoms with Crippen molar-refractivity contribution in [3.8, 4) is 0 Å². The molecule has 0 bridgehead atoms. The summed E-state index contributed by atoms with van der Waals surface area (Å²) in [7, 11) is 0. The number of cyclic esters (lactones) is 1. The Morgan fingerprint density at radius 1 is 1.38 bits per heavy atom. The zero-order valence-corrected chi connectivity index (χ0v) is 12.3. The lowest BCUT2D eigenvalue weighted by Gasteiger charge is -2.45. The van der Waals surface area contributed by atoms with Crippen molar-refractivity contribution in [2.45, 2.75) is 44.1 Å². The van der Waals surface area contributed by atoms with E-state index in [-0.39, 0.29) is 18.2 Å². The Kier molecular flexibility index (Phi) is 3.72. The molecule has 0 N–H and O–H groups in total. The predicted molar refractivity (Wildman–Crippen MR) is 79.7 cm³/mol. The van der Waals surface area contributed by atoms with Crippen LogP contribution in [0.2, 0.25) is 0 Å². The second kappa shape index (κ2) is 5.53. The Labute approximate surface area is 125 Å².